The quantitative estimate of drug-likeness (QED) is 0.621. The number of aliphatic hydroxyl groups excluding tert-OH is 1. The number of aliphatic hydroxyl groups is 1. The van der Waals surface area contributed by atoms with E-state index in [4.69, 9.17) is 19.3 Å². The molecule has 0 bridgehead atoms. The second kappa shape index (κ2) is 10.7. The summed E-state index contributed by atoms with van der Waals surface area (Å²) in [6.07, 6.45) is 2.39. The van der Waals surface area contributed by atoms with Crippen LogP contribution in [-0.4, -0.2) is 49.3 Å². The van der Waals surface area contributed by atoms with Crippen molar-refractivity contribution in [2.45, 2.75) is 71.9 Å². The fourth-order valence-electron chi connectivity index (χ4n) is 1.55. The van der Waals surface area contributed by atoms with Crippen LogP contribution in [0.4, 0.5) is 0 Å². The van der Waals surface area contributed by atoms with E-state index in [1.54, 1.807) is 0 Å². The lowest BCUT2D eigenvalue weighted by Gasteiger charge is -2.22. The first-order valence-corrected chi connectivity index (χ1v) is 7.02. The first-order chi connectivity index (χ1) is 8.53. The summed E-state index contributed by atoms with van der Waals surface area (Å²) in [4.78, 5) is 0. The SMILES string of the molecule is CCC(CC)OC(C)COC(C)COC(C)CO. The number of hydrogen-bond acceptors (Lipinski definition) is 4. The third-order valence-corrected chi connectivity index (χ3v) is 2.82. The van der Waals surface area contributed by atoms with Crippen LogP contribution in [0.5, 0.6) is 0 Å². The van der Waals surface area contributed by atoms with Gasteiger partial charge in [0, 0.05) is 0 Å². The van der Waals surface area contributed by atoms with Gasteiger partial charge in [-0.2, -0.15) is 0 Å². The molecule has 0 aliphatic carbocycles. The Labute approximate surface area is 112 Å². The van der Waals surface area contributed by atoms with E-state index in [1.807, 2.05) is 20.8 Å². The molecule has 4 nitrogen and oxygen atoms in total. The fraction of sp³-hybridized carbons (Fsp3) is 1.00. The van der Waals surface area contributed by atoms with Gasteiger partial charge in [0.2, 0.25) is 0 Å². The van der Waals surface area contributed by atoms with E-state index in [0.29, 0.717) is 19.3 Å². The molecule has 0 saturated carbocycles. The smallest absolute Gasteiger partial charge is 0.0784 e. The third kappa shape index (κ3) is 8.86. The molecule has 0 aromatic heterocycles. The predicted molar refractivity (Wildman–Crippen MR) is 72.8 cm³/mol. The Morgan fingerprint density at radius 1 is 0.833 bits per heavy atom. The highest BCUT2D eigenvalue weighted by molar-refractivity contribution is 4.58. The molecule has 4 heteroatoms. The Morgan fingerprint density at radius 2 is 1.33 bits per heavy atom. The molecular weight excluding hydrogens is 232 g/mol. The van der Waals surface area contributed by atoms with Gasteiger partial charge < -0.3 is 19.3 Å². The van der Waals surface area contributed by atoms with Crippen molar-refractivity contribution in [3.63, 3.8) is 0 Å². The van der Waals surface area contributed by atoms with E-state index >= 15 is 0 Å². The van der Waals surface area contributed by atoms with Crippen LogP contribution in [-0.2, 0) is 14.2 Å². The van der Waals surface area contributed by atoms with Crippen molar-refractivity contribution in [2.75, 3.05) is 19.8 Å². The average Bonchev–Trinajstić information content (AvgIpc) is 2.39. The highest BCUT2D eigenvalue weighted by Crippen LogP contribution is 2.08. The summed E-state index contributed by atoms with van der Waals surface area (Å²) in [6, 6.07) is 0. The third-order valence-electron chi connectivity index (χ3n) is 2.82. The van der Waals surface area contributed by atoms with Crippen molar-refractivity contribution in [3.05, 3.63) is 0 Å². The van der Waals surface area contributed by atoms with E-state index in [1.165, 1.54) is 0 Å². The van der Waals surface area contributed by atoms with E-state index in [0.717, 1.165) is 12.8 Å². The van der Waals surface area contributed by atoms with Gasteiger partial charge in [0.25, 0.3) is 0 Å². The van der Waals surface area contributed by atoms with Gasteiger partial charge in [-0.25, -0.2) is 0 Å². The van der Waals surface area contributed by atoms with Gasteiger partial charge in [0.05, 0.1) is 44.2 Å². The largest absolute Gasteiger partial charge is 0.394 e. The summed E-state index contributed by atoms with van der Waals surface area (Å²) in [6.45, 7) is 11.2. The maximum atomic E-state index is 8.83. The average molecular weight is 262 g/mol. The van der Waals surface area contributed by atoms with Crippen molar-refractivity contribution in [1.82, 2.24) is 0 Å². The second-order valence-electron chi connectivity index (χ2n) is 4.86. The van der Waals surface area contributed by atoms with Crippen molar-refractivity contribution in [2.24, 2.45) is 0 Å². The molecule has 1 N–H and O–H groups in total. The highest BCUT2D eigenvalue weighted by Gasteiger charge is 2.12. The van der Waals surface area contributed by atoms with Crippen molar-refractivity contribution in [1.29, 1.82) is 0 Å². The predicted octanol–water partition coefficient (Wildman–Crippen LogP) is 2.38. The first-order valence-electron chi connectivity index (χ1n) is 7.02. The van der Waals surface area contributed by atoms with Crippen LogP contribution in [0.2, 0.25) is 0 Å². The molecule has 0 aliphatic heterocycles. The van der Waals surface area contributed by atoms with Crippen molar-refractivity contribution >= 4 is 0 Å². The number of ether oxygens (including phenoxy) is 3. The molecule has 0 radical (unpaired) electrons. The van der Waals surface area contributed by atoms with Gasteiger partial charge in [0.15, 0.2) is 0 Å². The molecule has 0 rings (SSSR count). The van der Waals surface area contributed by atoms with Gasteiger partial charge >= 0.3 is 0 Å². The van der Waals surface area contributed by atoms with Gasteiger partial charge in [-0.15, -0.1) is 0 Å². The number of hydrogen-bond donors (Lipinski definition) is 1. The molecule has 110 valence electrons. The van der Waals surface area contributed by atoms with Crippen LogP contribution in [0.1, 0.15) is 47.5 Å². The lowest BCUT2D eigenvalue weighted by atomic mass is 10.2. The van der Waals surface area contributed by atoms with Crippen LogP contribution in [0.3, 0.4) is 0 Å². The Morgan fingerprint density at radius 3 is 1.83 bits per heavy atom. The molecule has 0 aliphatic rings. The minimum Gasteiger partial charge on any atom is -0.394 e. The lowest BCUT2D eigenvalue weighted by molar-refractivity contribution is -0.0905. The minimum absolute atomic E-state index is 0.0201. The molecule has 0 aromatic carbocycles. The Balaban J connectivity index is 3.67. The summed E-state index contributed by atoms with van der Waals surface area (Å²) in [5.41, 5.74) is 0. The minimum atomic E-state index is -0.130. The van der Waals surface area contributed by atoms with Gasteiger partial charge in [0.1, 0.15) is 0 Å². The van der Waals surface area contributed by atoms with Crippen LogP contribution in [0, 0.1) is 0 Å². The molecule has 0 aromatic rings. The molecular formula is C14H30O4. The first kappa shape index (κ1) is 17.8. The summed E-state index contributed by atoms with van der Waals surface area (Å²) < 4.78 is 16.9. The van der Waals surface area contributed by atoms with Crippen LogP contribution >= 0.6 is 0 Å². The lowest BCUT2D eigenvalue weighted by Crippen LogP contribution is -2.28. The summed E-state index contributed by atoms with van der Waals surface area (Å²) >= 11 is 0. The molecule has 0 spiro atoms. The van der Waals surface area contributed by atoms with E-state index in [9.17, 15) is 0 Å². The fourth-order valence-corrected chi connectivity index (χ4v) is 1.55. The maximum Gasteiger partial charge on any atom is 0.0784 e. The molecule has 0 saturated heterocycles. The maximum absolute atomic E-state index is 8.83. The summed E-state index contributed by atoms with van der Waals surface area (Å²) in [5.74, 6) is 0. The van der Waals surface area contributed by atoms with Crippen LogP contribution < -0.4 is 0 Å². The molecule has 0 fully saturated rings. The zero-order valence-corrected chi connectivity index (χ0v) is 12.5. The molecule has 18 heavy (non-hydrogen) atoms. The summed E-state index contributed by atoms with van der Waals surface area (Å²) in [7, 11) is 0. The van der Waals surface area contributed by atoms with Crippen LogP contribution in [0.15, 0.2) is 0 Å². The van der Waals surface area contributed by atoms with Gasteiger partial charge in [-0.1, -0.05) is 13.8 Å². The monoisotopic (exact) mass is 262 g/mol. The normalized spacial score (nSPS) is 16.8. The molecule has 0 amide bonds. The van der Waals surface area contributed by atoms with Crippen molar-refractivity contribution < 1.29 is 19.3 Å². The molecule has 3 unspecified atom stereocenters. The number of rotatable bonds is 11. The molecule has 0 heterocycles. The van der Waals surface area contributed by atoms with E-state index in [-0.39, 0.29) is 24.9 Å². The highest BCUT2D eigenvalue weighted by atomic mass is 16.6. The van der Waals surface area contributed by atoms with E-state index in [2.05, 4.69) is 13.8 Å². The van der Waals surface area contributed by atoms with Gasteiger partial charge in [-0.05, 0) is 33.6 Å². The Kier molecular flexibility index (Phi) is 10.6. The Bertz CT molecular complexity index is 183. The topological polar surface area (TPSA) is 47.9 Å². The van der Waals surface area contributed by atoms with Crippen molar-refractivity contribution in [3.8, 4) is 0 Å². The zero-order valence-electron chi connectivity index (χ0n) is 12.5. The van der Waals surface area contributed by atoms with E-state index < -0.39 is 0 Å². The second-order valence-corrected chi connectivity index (χ2v) is 4.86. The zero-order chi connectivity index (χ0) is 14.0. The Hall–Kier alpha value is -0.160. The standard InChI is InChI=1S/C14H30O4/c1-6-14(7-2)18-13(5)10-17-12(4)9-16-11(3)8-15/h11-15H,6-10H2,1-5H3. The van der Waals surface area contributed by atoms with Gasteiger partial charge in [-0.3, -0.25) is 0 Å². The summed E-state index contributed by atoms with van der Waals surface area (Å²) in [5, 5.41) is 8.83. The molecule has 3 atom stereocenters. The van der Waals surface area contributed by atoms with Crippen LogP contribution in [0.25, 0.3) is 0 Å².